The van der Waals surface area contributed by atoms with Crippen molar-refractivity contribution in [2.75, 3.05) is 0 Å². The summed E-state index contributed by atoms with van der Waals surface area (Å²) in [6.07, 6.45) is 11.9. The summed E-state index contributed by atoms with van der Waals surface area (Å²) < 4.78 is 0. The van der Waals surface area contributed by atoms with E-state index < -0.39 is 0 Å². The summed E-state index contributed by atoms with van der Waals surface area (Å²) in [5, 5.41) is 2.57. The van der Waals surface area contributed by atoms with E-state index in [1.807, 2.05) is 60.7 Å². The third-order valence-corrected chi connectivity index (χ3v) is 7.98. The van der Waals surface area contributed by atoms with Gasteiger partial charge in [-0.25, -0.2) is 19.8 Å². The molecule has 0 aliphatic heterocycles. The van der Waals surface area contributed by atoms with Crippen molar-refractivity contribution in [2.24, 2.45) is 0 Å². The van der Waals surface area contributed by atoms with E-state index in [0.29, 0.717) is 17.3 Å². The number of allylic oxidation sites excluding steroid dienone is 4. The first-order valence-corrected chi connectivity index (χ1v) is 14.3. The number of fused-ring (bicyclic) bond motifs is 1. The molecule has 0 bridgehead atoms. The monoisotopic (exact) mass is 540 g/mol. The van der Waals surface area contributed by atoms with E-state index in [0.717, 1.165) is 41.8 Å². The molecule has 0 saturated carbocycles. The molecular weight excluding hydrogens is 512 g/mol. The molecule has 0 fully saturated rings. The van der Waals surface area contributed by atoms with Crippen LogP contribution in [0.2, 0.25) is 0 Å². The maximum atomic E-state index is 7.23. The summed E-state index contributed by atoms with van der Waals surface area (Å²) in [5.74, 6) is 2.25. The van der Waals surface area contributed by atoms with Gasteiger partial charge in [0.25, 0.3) is 0 Å². The zero-order valence-electron chi connectivity index (χ0n) is 23.1. The molecular formula is C38H28N4. The Balaban J connectivity index is 1.25. The number of hydrogen-bond donors (Lipinski definition) is 0. The smallest absolute Gasteiger partial charge is 0.187 e. The molecule has 42 heavy (non-hydrogen) atoms. The van der Waals surface area contributed by atoms with Crippen LogP contribution in [0.25, 0.3) is 50.4 Å². The van der Waals surface area contributed by atoms with E-state index in [4.69, 9.17) is 21.5 Å². The molecule has 0 saturated heterocycles. The van der Waals surface area contributed by atoms with E-state index in [2.05, 4.69) is 71.6 Å². The summed E-state index contributed by atoms with van der Waals surface area (Å²) in [6.45, 7) is 7.23. The lowest BCUT2D eigenvalue weighted by Crippen LogP contribution is -2.30. The van der Waals surface area contributed by atoms with Crippen molar-refractivity contribution in [1.29, 1.82) is 0 Å². The summed E-state index contributed by atoms with van der Waals surface area (Å²) in [6, 6.07) is 34.9. The van der Waals surface area contributed by atoms with E-state index in [1.165, 1.54) is 27.1 Å². The Labute approximate surface area is 245 Å². The van der Waals surface area contributed by atoms with E-state index >= 15 is 0 Å². The first-order chi connectivity index (χ1) is 20.7. The molecule has 1 atom stereocenters. The van der Waals surface area contributed by atoms with Gasteiger partial charge in [-0.2, -0.15) is 0 Å². The van der Waals surface area contributed by atoms with Crippen molar-refractivity contribution in [3.8, 4) is 33.9 Å². The van der Waals surface area contributed by atoms with Gasteiger partial charge >= 0.3 is 0 Å². The summed E-state index contributed by atoms with van der Waals surface area (Å²) in [5.41, 5.74) is 7.68. The number of aromatic nitrogens is 3. The van der Waals surface area contributed by atoms with Crippen LogP contribution in [0.4, 0.5) is 5.69 Å². The maximum absolute atomic E-state index is 7.23. The lowest BCUT2D eigenvalue weighted by atomic mass is 9.84. The van der Waals surface area contributed by atoms with Crippen LogP contribution >= 0.6 is 0 Å². The van der Waals surface area contributed by atoms with Gasteiger partial charge in [0.2, 0.25) is 0 Å². The molecule has 4 heteroatoms. The Morgan fingerprint density at radius 2 is 1.36 bits per heavy atom. The molecule has 1 aromatic heterocycles. The molecule has 0 amide bonds. The van der Waals surface area contributed by atoms with Gasteiger partial charge in [-0.05, 0) is 58.0 Å². The normalized spacial score (nSPS) is 15.7. The molecule has 200 valence electrons. The Morgan fingerprint density at radius 3 is 2.02 bits per heavy atom. The molecule has 2 aliphatic rings. The predicted octanol–water partition coefficient (Wildman–Crippen LogP) is 7.82. The van der Waals surface area contributed by atoms with Crippen LogP contribution in [0.1, 0.15) is 31.0 Å². The Hall–Kier alpha value is -5.40. The average Bonchev–Trinajstić information content (AvgIpc) is 3.08. The second-order valence-corrected chi connectivity index (χ2v) is 10.6. The lowest BCUT2D eigenvalue weighted by Gasteiger charge is -2.22. The van der Waals surface area contributed by atoms with Gasteiger partial charge in [0.15, 0.2) is 17.3 Å². The van der Waals surface area contributed by atoms with Crippen molar-refractivity contribution in [3.63, 3.8) is 0 Å². The second-order valence-electron chi connectivity index (χ2n) is 10.6. The minimum atomic E-state index is 0.0556. The predicted molar refractivity (Wildman–Crippen MR) is 170 cm³/mol. The molecule has 7 rings (SSSR count). The topological polar surface area (TPSA) is 43.0 Å². The number of hydrogen-bond acceptors (Lipinski definition) is 3. The second kappa shape index (κ2) is 11.2. The van der Waals surface area contributed by atoms with Crippen molar-refractivity contribution < 1.29 is 0 Å². The van der Waals surface area contributed by atoms with Gasteiger partial charge < -0.3 is 0 Å². The molecule has 2 aliphatic carbocycles. The molecule has 0 N–H and O–H groups in total. The largest absolute Gasteiger partial charge is 0.238 e. The van der Waals surface area contributed by atoms with Crippen LogP contribution in [-0.4, -0.2) is 15.0 Å². The standard InChI is InChI=1S/C38H28N4/c1-39-33-21-18-26(19-22-33)29-20-23-35-30(24-29)15-9-17-34(35)31-14-8-16-32(25-31)38-41-36(27-10-4-2-5-11-27)40-37(42-38)28-12-6-3-7-13-28/h2-8,10-16,18-24,32H,9,17,25H2. The fourth-order valence-electron chi connectivity index (χ4n) is 5.83. The zero-order valence-corrected chi connectivity index (χ0v) is 23.1. The molecule has 4 nitrogen and oxygen atoms in total. The van der Waals surface area contributed by atoms with Gasteiger partial charge in [0, 0.05) is 17.0 Å². The van der Waals surface area contributed by atoms with Crippen molar-refractivity contribution in [2.45, 2.75) is 25.2 Å². The highest BCUT2D eigenvalue weighted by Crippen LogP contribution is 2.34. The van der Waals surface area contributed by atoms with E-state index in [-0.39, 0.29) is 5.92 Å². The highest BCUT2D eigenvalue weighted by molar-refractivity contribution is 5.72. The van der Waals surface area contributed by atoms with Crippen LogP contribution in [0.3, 0.4) is 0 Å². The third kappa shape index (κ3) is 5.09. The highest BCUT2D eigenvalue weighted by Gasteiger charge is 2.22. The Bertz CT molecular complexity index is 1940. The van der Waals surface area contributed by atoms with Crippen molar-refractivity contribution >= 4 is 17.3 Å². The summed E-state index contributed by atoms with van der Waals surface area (Å²) >= 11 is 0. The molecule has 0 spiro atoms. The third-order valence-electron chi connectivity index (χ3n) is 7.98. The SMILES string of the molecule is [C-]#[N+]c1ccc(-c2ccc3c(c2)=CCCC=3C2=CC=CC(c3nc(-c4ccccc4)nc(-c4ccccc4)n3)C2)cc1. The lowest BCUT2D eigenvalue weighted by molar-refractivity contribution is 0.747. The molecule has 1 unspecified atom stereocenters. The molecule has 1 heterocycles. The van der Waals surface area contributed by atoms with Crippen LogP contribution in [0, 0.1) is 6.57 Å². The Kier molecular flexibility index (Phi) is 6.84. The van der Waals surface area contributed by atoms with Crippen LogP contribution in [0.5, 0.6) is 0 Å². The van der Waals surface area contributed by atoms with E-state index in [1.54, 1.807) is 0 Å². The van der Waals surface area contributed by atoms with Crippen LogP contribution in [0.15, 0.2) is 127 Å². The fraction of sp³-hybridized carbons (Fsp3) is 0.105. The minimum Gasteiger partial charge on any atom is -0.238 e. The van der Waals surface area contributed by atoms with Crippen molar-refractivity contribution in [3.05, 3.63) is 155 Å². The first-order valence-electron chi connectivity index (χ1n) is 14.3. The van der Waals surface area contributed by atoms with Gasteiger partial charge in [0.05, 0.1) is 6.57 Å². The number of rotatable bonds is 5. The van der Waals surface area contributed by atoms with Gasteiger partial charge in [-0.3, -0.25) is 0 Å². The number of nitrogens with zero attached hydrogens (tertiary/aromatic N) is 4. The van der Waals surface area contributed by atoms with E-state index in [9.17, 15) is 0 Å². The molecule has 4 aromatic carbocycles. The quantitative estimate of drug-likeness (QED) is 0.214. The minimum absolute atomic E-state index is 0.0556. The highest BCUT2D eigenvalue weighted by atomic mass is 15.0. The van der Waals surface area contributed by atoms with Gasteiger partial charge in [-0.15, -0.1) is 0 Å². The zero-order chi connectivity index (χ0) is 28.3. The fourth-order valence-corrected chi connectivity index (χ4v) is 5.83. The van der Waals surface area contributed by atoms with Gasteiger partial charge in [-0.1, -0.05) is 121 Å². The van der Waals surface area contributed by atoms with Crippen LogP contribution in [-0.2, 0) is 0 Å². The summed E-state index contributed by atoms with van der Waals surface area (Å²) in [7, 11) is 0. The summed E-state index contributed by atoms with van der Waals surface area (Å²) in [4.78, 5) is 18.4. The average molecular weight is 541 g/mol. The maximum Gasteiger partial charge on any atom is 0.187 e. The number of benzene rings is 4. The Morgan fingerprint density at radius 1 is 0.690 bits per heavy atom. The molecule has 0 radical (unpaired) electrons. The molecule has 5 aromatic rings. The first kappa shape index (κ1) is 25.6. The van der Waals surface area contributed by atoms with Crippen molar-refractivity contribution in [1.82, 2.24) is 15.0 Å². The van der Waals surface area contributed by atoms with Crippen LogP contribution < -0.4 is 10.4 Å². The van der Waals surface area contributed by atoms with Gasteiger partial charge in [0.1, 0.15) is 5.82 Å².